The van der Waals surface area contributed by atoms with Crippen LogP contribution in [0.1, 0.15) is 25.7 Å². The summed E-state index contributed by atoms with van der Waals surface area (Å²) in [5, 5.41) is 8.62. The first-order chi connectivity index (χ1) is 5.16. The van der Waals surface area contributed by atoms with E-state index in [1.807, 2.05) is 0 Å². The number of carboxylic acid groups (broad SMARTS) is 1. The average molecular weight is 223 g/mol. The van der Waals surface area contributed by atoms with Crippen LogP contribution in [0, 0.1) is 0 Å². The largest absolute Gasteiger partial charge is 0.481 e. The Kier molecular flexibility index (Phi) is 6.12. The van der Waals surface area contributed by atoms with Gasteiger partial charge in [-0.1, -0.05) is 15.9 Å². The summed E-state index contributed by atoms with van der Waals surface area (Å²) in [6, 6.07) is 0. The molecule has 0 saturated carbocycles. The van der Waals surface area contributed by atoms with Gasteiger partial charge in [0, 0.05) is 12.8 Å². The second kappa shape index (κ2) is 6.34. The summed E-state index contributed by atoms with van der Waals surface area (Å²) in [5.74, 6) is -0.660. The maximum absolute atomic E-state index is 10.7. The molecule has 0 unspecified atom stereocenters. The molecule has 0 aliphatic heterocycles. The summed E-state index contributed by atoms with van der Waals surface area (Å²) in [6.07, 6.45) is 1.92. The van der Waals surface area contributed by atoms with Gasteiger partial charge in [0.25, 0.3) is 0 Å². The Morgan fingerprint density at radius 2 is 1.73 bits per heavy atom. The van der Waals surface area contributed by atoms with Gasteiger partial charge >= 0.3 is 5.97 Å². The Balaban J connectivity index is 3.14. The van der Waals surface area contributed by atoms with Crippen LogP contribution in [-0.2, 0) is 9.59 Å². The number of ketones is 1. The van der Waals surface area contributed by atoms with Gasteiger partial charge in [-0.15, -0.1) is 0 Å². The van der Waals surface area contributed by atoms with Crippen LogP contribution in [0.25, 0.3) is 0 Å². The molecule has 0 aromatic carbocycles. The summed E-state index contributed by atoms with van der Waals surface area (Å²) in [5.41, 5.74) is 0. The number of hydrogen-bond donors (Lipinski definition) is 1. The van der Waals surface area contributed by atoms with Gasteiger partial charge in [-0.25, -0.2) is 0 Å². The SMILES string of the molecule is O=C(O)CCCCC(=O)CBr. The molecule has 0 rings (SSSR count). The lowest BCUT2D eigenvalue weighted by molar-refractivity contribution is -0.137. The van der Waals surface area contributed by atoms with Crippen LogP contribution in [-0.4, -0.2) is 22.2 Å². The highest BCUT2D eigenvalue weighted by Crippen LogP contribution is 2.01. The maximum atomic E-state index is 10.7. The predicted molar refractivity (Wildman–Crippen MR) is 44.9 cm³/mol. The van der Waals surface area contributed by atoms with E-state index in [-0.39, 0.29) is 12.2 Å². The molecule has 0 atom stereocenters. The zero-order valence-corrected chi connectivity index (χ0v) is 7.76. The molecule has 0 aromatic rings. The van der Waals surface area contributed by atoms with E-state index >= 15 is 0 Å². The minimum atomic E-state index is -0.795. The van der Waals surface area contributed by atoms with Crippen molar-refractivity contribution in [3.05, 3.63) is 0 Å². The molecule has 0 bridgehead atoms. The molecule has 11 heavy (non-hydrogen) atoms. The van der Waals surface area contributed by atoms with Crippen LogP contribution >= 0.6 is 15.9 Å². The van der Waals surface area contributed by atoms with Gasteiger partial charge in [0.1, 0.15) is 5.78 Å². The molecule has 1 N–H and O–H groups in total. The third-order valence-electron chi connectivity index (χ3n) is 1.25. The number of hydrogen-bond acceptors (Lipinski definition) is 2. The molecule has 0 aromatic heterocycles. The molecule has 3 nitrogen and oxygen atoms in total. The smallest absolute Gasteiger partial charge is 0.303 e. The van der Waals surface area contributed by atoms with Gasteiger partial charge in [-0.3, -0.25) is 9.59 Å². The molecule has 0 radical (unpaired) electrons. The van der Waals surface area contributed by atoms with Gasteiger partial charge in [0.15, 0.2) is 0 Å². The fraction of sp³-hybridized carbons (Fsp3) is 0.714. The summed E-state index contributed by atoms with van der Waals surface area (Å²) >= 11 is 3.03. The minimum absolute atomic E-state index is 0.135. The van der Waals surface area contributed by atoms with E-state index in [9.17, 15) is 9.59 Å². The van der Waals surface area contributed by atoms with Gasteiger partial charge < -0.3 is 5.11 Å². The first-order valence-electron chi connectivity index (χ1n) is 3.46. The van der Waals surface area contributed by atoms with Crippen molar-refractivity contribution in [2.75, 3.05) is 5.33 Å². The Labute approximate surface area is 73.9 Å². The van der Waals surface area contributed by atoms with E-state index in [0.29, 0.717) is 24.6 Å². The first-order valence-corrected chi connectivity index (χ1v) is 4.58. The number of carbonyl (C=O) groups excluding carboxylic acids is 1. The highest BCUT2D eigenvalue weighted by Gasteiger charge is 2.00. The first kappa shape index (κ1) is 10.6. The number of rotatable bonds is 6. The third kappa shape index (κ3) is 7.52. The zero-order chi connectivity index (χ0) is 8.69. The number of carboxylic acids is 1. The van der Waals surface area contributed by atoms with E-state index in [4.69, 9.17) is 5.11 Å². The van der Waals surface area contributed by atoms with Crippen LogP contribution < -0.4 is 0 Å². The van der Waals surface area contributed by atoms with Crippen LogP contribution in [0.2, 0.25) is 0 Å². The quantitative estimate of drug-likeness (QED) is 0.549. The second-order valence-corrected chi connectivity index (χ2v) is 2.83. The van der Waals surface area contributed by atoms with E-state index < -0.39 is 5.97 Å². The van der Waals surface area contributed by atoms with Crippen molar-refractivity contribution >= 4 is 27.7 Å². The minimum Gasteiger partial charge on any atom is -0.481 e. The highest BCUT2D eigenvalue weighted by molar-refractivity contribution is 9.09. The maximum Gasteiger partial charge on any atom is 0.303 e. The Morgan fingerprint density at radius 1 is 1.18 bits per heavy atom. The Morgan fingerprint density at radius 3 is 2.18 bits per heavy atom. The summed E-state index contributed by atoms with van der Waals surface area (Å²) in [7, 11) is 0. The number of aliphatic carboxylic acids is 1. The van der Waals surface area contributed by atoms with Gasteiger partial charge in [0.2, 0.25) is 0 Å². The number of alkyl halides is 1. The normalized spacial score (nSPS) is 9.55. The lowest BCUT2D eigenvalue weighted by Crippen LogP contribution is -1.99. The van der Waals surface area contributed by atoms with Crippen molar-refractivity contribution in [2.24, 2.45) is 0 Å². The molecule has 0 saturated heterocycles. The fourth-order valence-electron chi connectivity index (χ4n) is 0.665. The van der Waals surface area contributed by atoms with E-state index in [2.05, 4.69) is 15.9 Å². The van der Waals surface area contributed by atoms with Gasteiger partial charge in [0.05, 0.1) is 5.33 Å². The van der Waals surface area contributed by atoms with E-state index in [1.165, 1.54) is 0 Å². The number of halogens is 1. The molecule has 4 heteroatoms. The molecule has 64 valence electrons. The Hall–Kier alpha value is -0.380. The average Bonchev–Trinajstić information content (AvgIpc) is 1.97. The standard InChI is InChI=1S/C7H11BrO3/c8-5-6(9)3-1-2-4-7(10)11/h1-5H2,(H,10,11). The zero-order valence-electron chi connectivity index (χ0n) is 6.18. The molecule has 0 amide bonds. The second-order valence-electron chi connectivity index (χ2n) is 2.27. The summed E-state index contributed by atoms with van der Waals surface area (Å²) in [6.45, 7) is 0. The van der Waals surface area contributed by atoms with Gasteiger partial charge in [-0.05, 0) is 12.8 Å². The van der Waals surface area contributed by atoms with Crippen LogP contribution in [0.15, 0.2) is 0 Å². The predicted octanol–water partition coefficient (Wildman–Crippen LogP) is 1.60. The van der Waals surface area contributed by atoms with E-state index in [1.54, 1.807) is 0 Å². The van der Waals surface area contributed by atoms with Crippen molar-refractivity contribution in [1.82, 2.24) is 0 Å². The van der Waals surface area contributed by atoms with E-state index in [0.717, 1.165) is 0 Å². The topological polar surface area (TPSA) is 54.4 Å². The third-order valence-corrected chi connectivity index (χ3v) is 1.87. The molecule has 0 spiro atoms. The van der Waals surface area contributed by atoms with Gasteiger partial charge in [-0.2, -0.15) is 0 Å². The molecule has 0 fully saturated rings. The number of unbranched alkanes of at least 4 members (excludes halogenated alkanes) is 1. The molecular weight excluding hydrogens is 212 g/mol. The van der Waals surface area contributed by atoms with Crippen molar-refractivity contribution in [3.8, 4) is 0 Å². The summed E-state index contributed by atoms with van der Waals surface area (Å²) in [4.78, 5) is 20.7. The van der Waals surface area contributed by atoms with Crippen molar-refractivity contribution in [1.29, 1.82) is 0 Å². The van der Waals surface area contributed by atoms with Crippen molar-refractivity contribution < 1.29 is 14.7 Å². The Bertz CT molecular complexity index is 145. The monoisotopic (exact) mass is 222 g/mol. The van der Waals surface area contributed by atoms with Crippen LogP contribution in [0.5, 0.6) is 0 Å². The summed E-state index contributed by atoms with van der Waals surface area (Å²) < 4.78 is 0. The number of carbonyl (C=O) groups is 2. The van der Waals surface area contributed by atoms with Crippen molar-refractivity contribution in [3.63, 3.8) is 0 Å². The lowest BCUT2D eigenvalue weighted by Gasteiger charge is -1.94. The van der Waals surface area contributed by atoms with Crippen LogP contribution in [0.4, 0.5) is 0 Å². The fourth-order valence-corrected chi connectivity index (χ4v) is 0.946. The van der Waals surface area contributed by atoms with Crippen LogP contribution in [0.3, 0.4) is 0 Å². The van der Waals surface area contributed by atoms with Crippen molar-refractivity contribution in [2.45, 2.75) is 25.7 Å². The molecule has 0 aliphatic rings. The molecular formula is C7H11BrO3. The molecule has 0 aliphatic carbocycles. The molecule has 0 heterocycles. The number of Topliss-reactive ketones (excluding diaryl/α,β-unsaturated/α-hetero) is 1. The highest BCUT2D eigenvalue weighted by atomic mass is 79.9. The lowest BCUT2D eigenvalue weighted by atomic mass is 10.1.